The number of nitrogens with one attached hydrogen (secondary N) is 1. The van der Waals surface area contributed by atoms with E-state index < -0.39 is 29.3 Å². The van der Waals surface area contributed by atoms with Gasteiger partial charge in [0.1, 0.15) is 22.9 Å². The van der Waals surface area contributed by atoms with Crippen LogP contribution in [-0.4, -0.2) is 51.6 Å². The van der Waals surface area contributed by atoms with Gasteiger partial charge in [-0.15, -0.1) is 0 Å². The van der Waals surface area contributed by atoms with E-state index >= 15 is 0 Å². The molecule has 1 rings (SSSR count). The Kier molecular flexibility index (Phi) is 9.62. The van der Waals surface area contributed by atoms with Gasteiger partial charge in [-0.2, -0.15) is 11.8 Å². The van der Waals surface area contributed by atoms with Crippen molar-refractivity contribution < 1.29 is 23.9 Å². The highest BCUT2D eigenvalue weighted by Gasteiger charge is 2.28. The molecule has 1 aromatic rings. The van der Waals surface area contributed by atoms with Crippen molar-refractivity contribution in [2.24, 2.45) is 0 Å². The summed E-state index contributed by atoms with van der Waals surface area (Å²) in [6.45, 7) is 10.6. The summed E-state index contributed by atoms with van der Waals surface area (Å²) in [5, 5.41) is 2.60. The van der Waals surface area contributed by atoms with E-state index in [9.17, 15) is 14.4 Å². The number of thioether (sulfide) groups is 1. The fraction of sp³-hybridized carbons (Fsp3) is 0.619. The maximum Gasteiger partial charge on any atom is 0.408 e. The topological polar surface area (TPSA) is 94.6 Å². The molecule has 0 aromatic carbocycles. The molecule has 0 fully saturated rings. The number of hydrogen-bond donors (Lipinski definition) is 1. The SMILES string of the molecule is CC(C)(C)OC(=O)N[C@@H](CCSCCC(=O)c1ccccn1)C(=O)OC(C)(C)C. The van der Waals surface area contributed by atoms with E-state index in [-0.39, 0.29) is 5.78 Å². The van der Waals surface area contributed by atoms with E-state index in [2.05, 4.69) is 10.3 Å². The van der Waals surface area contributed by atoms with Crippen LogP contribution in [0.1, 0.15) is 64.9 Å². The molecule has 0 radical (unpaired) electrons. The predicted molar refractivity (Wildman–Crippen MR) is 114 cm³/mol. The van der Waals surface area contributed by atoms with Crippen LogP contribution in [0.3, 0.4) is 0 Å². The first-order chi connectivity index (χ1) is 13.4. The Hall–Kier alpha value is -2.09. The summed E-state index contributed by atoms with van der Waals surface area (Å²) in [7, 11) is 0. The van der Waals surface area contributed by atoms with E-state index in [0.717, 1.165) is 0 Å². The number of amides is 1. The minimum absolute atomic E-state index is 0.0197. The van der Waals surface area contributed by atoms with Gasteiger partial charge in [0, 0.05) is 18.4 Å². The standard InChI is InChI=1S/C21H32N2O5S/c1-20(2,3)27-18(25)16(23-19(26)28-21(4,5)6)10-13-29-14-11-17(24)15-9-7-8-12-22-15/h7-9,12,16H,10-11,13-14H2,1-6H3,(H,23,26)/t16-/m0/s1. The average Bonchev–Trinajstić information content (AvgIpc) is 2.57. The predicted octanol–water partition coefficient (Wildman–Crippen LogP) is 4.01. The Labute approximate surface area is 177 Å². The van der Waals surface area contributed by atoms with Crippen LogP contribution in [-0.2, 0) is 14.3 Å². The maximum atomic E-state index is 12.5. The Morgan fingerprint density at radius 1 is 1.03 bits per heavy atom. The van der Waals surface area contributed by atoms with Gasteiger partial charge in [0.15, 0.2) is 5.78 Å². The molecule has 1 aromatic heterocycles. The molecule has 1 atom stereocenters. The number of carbonyl (C=O) groups excluding carboxylic acids is 3. The summed E-state index contributed by atoms with van der Waals surface area (Å²) >= 11 is 1.53. The number of alkyl carbamates (subject to hydrolysis) is 1. The van der Waals surface area contributed by atoms with E-state index in [1.165, 1.54) is 11.8 Å². The van der Waals surface area contributed by atoms with Gasteiger partial charge in [-0.25, -0.2) is 9.59 Å². The number of rotatable bonds is 9. The zero-order chi connectivity index (χ0) is 22.1. The van der Waals surface area contributed by atoms with Crippen molar-refractivity contribution in [1.29, 1.82) is 0 Å². The minimum atomic E-state index is -0.817. The second-order valence-electron chi connectivity index (χ2n) is 8.52. The van der Waals surface area contributed by atoms with Crippen LogP contribution in [0.15, 0.2) is 24.4 Å². The molecule has 0 aliphatic heterocycles. The van der Waals surface area contributed by atoms with Crippen LogP contribution in [0.5, 0.6) is 0 Å². The second-order valence-corrected chi connectivity index (χ2v) is 9.75. The molecule has 0 aliphatic rings. The van der Waals surface area contributed by atoms with Crippen LogP contribution < -0.4 is 5.32 Å². The van der Waals surface area contributed by atoms with Gasteiger partial charge >= 0.3 is 12.1 Å². The van der Waals surface area contributed by atoms with Crippen LogP contribution >= 0.6 is 11.8 Å². The summed E-state index contributed by atoms with van der Waals surface area (Å²) in [4.78, 5) is 40.6. The van der Waals surface area contributed by atoms with Crippen molar-refractivity contribution in [3.05, 3.63) is 30.1 Å². The molecule has 1 N–H and O–H groups in total. The number of ether oxygens (including phenoxy) is 2. The van der Waals surface area contributed by atoms with E-state index in [4.69, 9.17) is 9.47 Å². The number of ketones is 1. The Morgan fingerprint density at radius 2 is 1.69 bits per heavy atom. The molecule has 1 heterocycles. The third kappa shape index (κ3) is 11.5. The molecule has 29 heavy (non-hydrogen) atoms. The number of hydrogen-bond acceptors (Lipinski definition) is 7. The highest BCUT2D eigenvalue weighted by atomic mass is 32.2. The van der Waals surface area contributed by atoms with Crippen LogP contribution in [0.25, 0.3) is 0 Å². The van der Waals surface area contributed by atoms with E-state index in [1.807, 2.05) is 0 Å². The molecule has 0 saturated carbocycles. The number of pyridine rings is 1. The number of aromatic nitrogens is 1. The number of nitrogens with zero attached hydrogens (tertiary/aromatic N) is 1. The fourth-order valence-corrected chi connectivity index (χ4v) is 3.13. The smallest absolute Gasteiger partial charge is 0.408 e. The molecule has 7 nitrogen and oxygen atoms in total. The van der Waals surface area contributed by atoms with Gasteiger partial charge in [-0.05, 0) is 65.8 Å². The lowest BCUT2D eigenvalue weighted by Gasteiger charge is -2.26. The van der Waals surface area contributed by atoms with Gasteiger partial charge in [0.25, 0.3) is 0 Å². The van der Waals surface area contributed by atoms with Gasteiger partial charge in [0.2, 0.25) is 0 Å². The molecular weight excluding hydrogens is 392 g/mol. The summed E-state index contributed by atoms with van der Waals surface area (Å²) in [5.41, 5.74) is -0.873. The van der Waals surface area contributed by atoms with Crippen molar-refractivity contribution >= 4 is 29.6 Å². The first-order valence-electron chi connectivity index (χ1n) is 9.62. The van der Waals surface area contributed by atoms with E-state index in [0.29, 0.717) is 30.0 Å². The number of Topliss-reactive ketones (excluding diaryl/α,β-unsaturated/α-hetero) is 1. The molecule has 8 heteroatoms. The molecule has 1 amide bonds. The highest BCUT2D eigenvalue weighted by Crippen LogP contribution is 2.14. The zero-order valence-electron chi connectivity index (χ0n) is 18.1. The monoisotopic (exact) mass is 424 g/mol. The Morgan fingerprint density at radius 3 is 2.24 bits per heavy atom. The lowest BCUT2D eigenvalue weighted by Crippen LogP contribution is -2.46. The summed E-state index contributed by atoms with van der Waals surface area (Å²) < 4.78 is 10.6. The lowest BCUT2D eigenvalue weighted by atomic mass is 10.1. The van der Waals surface area contributed by atoms with Gasteiger partial charge < -0.3 is 14.8 Å². The first-order valence-corrected chi connectivity index (χ1v) is 10.8. The molecule has 0 spiro atoms. The third-order valence-electron chi connectivity index (χ3n) is 3.36. The lowest BCUT2D eigenvalue weighted by molar-refractivity contribution is -0.157. The summed E-state index contributed by atoms with van der Waals surface area (Å²) in [6.07, 6.45) is 1.66. The maximum absolute atomic E-state index is 12.5. The van der Waals surface area contributed by atoms with Gasteiger partial charge in [0.05, 0.1) is 0 Å². The van der Waals surface area contributed by atoms with Crippen LogP contribution in [0.2, 0.25) is 0 Å². The van der Waals surface area contributed by atoms with Crippen molar-refractivity contribution in [2.75, 3.05) is 11.5 Å². The normalized spacial score (nSPS) is 12.8. The molecule has 0 saturated heterocycles. The highest BCUT2D eigenvalue weighted by molar-refractivity contribution is 7.99. The van der Waals surface area contributed by atoms with Gasteiger partial charge in [-0.3, -0.25) is 9.78 Å². The third-order valence-corrected chi connectivity index (χ3v) is 4.37. The van der Waals surface area contributed by atoms with Crippen LogP contribution in [0, 0.1) is 0 Å². The van der Waals surface area contributed by atoms with Crippen molar-refractivity contribution in [2.45, 2.75) is 71.6 Å². The largest absolute Gasteiger partial charge is 0.458 e. The minimum Gasteiger partial charge on any atom is -0.458 e. The molecule has 0 unspecified atom stereocenters. The Bertz CT molecular complexity index is 681. The Balaban J connectivity index is 2.52. The average molecular weight is 425 g/mol. The van der Waals surface area contributed by atoms with Crippen molar-refractivity contribution in [1.82, 2.24) is 10.3 Å². The fourth-order valence-electron chi connectivity index (χ4n) is 2.20. The summed E-state index contributed by atoms with van der Waals surface area (Å²) in [5.74, 6) is 0.653. The molecule has 0 bridgehead atoms. The second kappa shape index (κ2) is 11.2. The number of esters is 1. The molecule has 0 aliphatic carbocycles. The molecular formula is C21H32N2O5S. The number of carbonyl (C=O) groups is 3. The van der Waals surface area contributed by atoms with E-state index in [1.54, 1.807) is 65.9 Å². The van der Waals surface area contributed by atoms with Crippen LogP contribution in [0.4, 0.5) is 4.79 Å². The summed E-state index contributed by atoms with van der Waals surface area (Å²) in [6, 6.07) is 4.42. The first kappa shape index (κ1) is 24.9. The van der Waals surface area contributed by atoms with Crippen molar-refractivity contribution in [3.8, 4) is 0 Å². The van der Waals surface area contributed by atoms with Crippen molar-refractivity contribution in [3.63, 3.8) is 0 Å². The van der Waals surface area contributed by atoms with Gasteiger partial charge in [-0.1, -0.05) is 6.07 Å². The quantitative estimate of drug-likeness (QED) is 0.363. The molecule has 162 valence electrons. The zero-order valence-corrected chi connectivity index (χ0v) is 18.9.